The summed E-state index contributed by atoms with van der Waals surface area (Å²) < 4.78 is 0. The number of nitrogens with zero attached hydrogens (tertiary/aromatic N) is 1. The molecule has 0 fully saturated rings. The molecule has 0 spiro atoms. The lowest BCUT2D eigenvalue weighted by Crippen LogP contribution is -2.38. The van der Waals surface area contributed by atoms with Gasteiger partial charge in [-0.2, -0.15) is 0 Å². The Hall–Kier alpha value is -1.03. The number of para-hydroxylation sites is 1. The number of nitrogens with one attached hydrogen (secondary N) is 1. The minimum atomic E-state index is -0.112. The van der Waals surface area contributed by atoms with Crippen molar-refractivity contribution in [2.75, 3.05) is 25.0 Å². The van der Waals surface area contributed by atoms with Gasteiger partial charge < -0.3 is 10.2 Å². The molecule has 3 nitrogen and oxygen atoms in total. The van der Waals surface area contributed by atoms with Crippen molar-refractivity contribution in [1.82, 2.24) is 5.32 Å². The highest BCUT2D eigenvalue weighted by Gasteiger charge is 2.17. The van der Waals surface area contributed by atoms with E-state index in [-0.39, 0.29) is 10.7 Å². The van der Waals surface area contributed by atoms with Crippen molar-refractivity contribution in [3.05, 3.63) is 30.3 Å². The van der Waals surface area contributed by atoms with Crippen LogP contribution in [0.3, 0.4) is 0 Å². The summed E-state index contributed by atoms with van der Waals surface area (Å²) in [6, 6.07) is 10.1. The topological polar surface area (TPSA) is 32.3 Å². The zero-order chi connectivity index (χ0) is 13.5. The Morgan fingerprint density at radius 1 is 1.33 bits per heavy atom. The molecule has 0 saturated heterocycles. The lowest BCUT2D eigenvalue weighted by molar-refractivity contribution is -0.121. The van der Waals surface area contributed by atoms with E-state index >= 15 is 0 Å². The van der Waals surface area contributed by atoms with E-state index in [4.69, 9.17) is 0 Å². The van der Waals surface area contributed by atoms with Gasteiger partial charge in [-0.05, 0) is 18.1 Å². The van der Waals surface area contributed by atoms with Crippen molar-refractivity contribution in [2.45, 2.75) is 18.7 Å². The van der Waals surface area contributed by atoms with E-state index in [9.17, 15) is 4.79 Å². The predicted molar refractivity (Wildman–Crippen MR) is 80.3 cm³/mol. The Kier molecular flexibility index (Phi) is 6.19. The van der Waals surface area contributed by atoms with Crippen molar-refractivity contribution < 1.29 is 4.79 Å². The number of carbonyl (C=O) groups is 1. The molecule has 18 heavy (non-hydrogen) atoms. The number of amides is 1. The summed E-state index contributed by atoms with van der Waals surface area (Å²) in [6.07, 6.45) is 0. The molecule has 0 heterocycles. The second-order valence-electron chi connectivity index (χ2n) is 4.69. The zero-order valence-corrected chi connectivity index (χ0v) is 12.8. The zero-order valence-electron chi connectivity index (χ0n) is 11.2. The van der Waals surface area contributed by atoms with Crippen LogP contribution in [0.2, 0.25) is 0 Å². The normalized spacial score (nSPS) is 12.3. The molecule has 0 aliphatic rings. The monoisotopic (exact) mass is 312 g/mol. The first-order chi connectivity index (χ1) is 8.52. The van der Waals surface area contributed by atoms with Crippen LogP contribution < -0.4 is 10.2 Å². The molecule has 1 N–H and O–H groups in total. The summed E-state index contributed by atoms with van der Waals surface area (Å²) in [5.41, 5.74) is 1.16. The molecule has 0 aliphatic heterocycles. The highest BCUT2D eigenvalue weighted by atomic mass is 79.9. The molecule has 0 aliphatic carbocycles. The van der Waals surface area contributed by atoms with Crippen LogP contribution in [0, 0.1) is 5.92 Å². The van der Waals surface area contributed by atoms with E-state index in [1.54, 1.807) is 0 Å². The fourth-order valence-electron chi connectivity index (χ4n) is 1.56. The van der Waals surface area contributed by atoms with Gasteiger partial charge in [-0.3, -0.25) is 4.79 Å². The maximum absolute atomic E-state index is 11.7. The first kappa shape index (κ1) is 15.0. The fraction of sp³-hybridized carbons (Fsp3) is 0.500. The maximum Gasteiger partial charge on any atom is 0.234 e. The summed E-state index contributed by atoms with van der Waals surface area (Å²) in [5, 5.41) is 2.94. The number of carbonyl (C=O) groups excluding carboxylic acids is 1. The quantitative estimate of drug-likeness (QED) is 0.819. The number of alkyl halides is 1. The van der Waals surface area contributed by atoms with Crippen molar-refractivity contribution in [2.24, 2.45) is 5.92 Å². The summed E-state index contributed by atoms with van der Waals surface area (Å²) in [6.45, 7) is 5.50. The van der Waals surface area contributed by atoms with Crippen LogP contribution in [0.4, 0.5) is 5.69 Å². The Bertz CT molecular complexity index is 367. The van der Waals surface area contributed by atoms with E-state index in [2.05, 4.69) is 38.3 Å². The van der Waals surface area contributed by atoms with E-state index in [1.807, 2.05) is 39.1 Å². The predicted octanol–water partition coefficient (Wildman–Crippen LogP) is 2.66. The molecule has 0 aromatic heterocycles. The van der Waals surface area contributed by atoms with E-state index in [1.165, 1.54) is 0 Å². The van der Waals surface area contributed by atoms with E-state index in [0.29, 0.717) is 12.5 Å². The fourth-order valence-corrected chi connectivity index (χ4v) is 1.72. The van der Waals surface area contributed by atoms with Crippen LogP contribution in [0.25, 0.3) is 0 Å². The molecule has 1 unspecified atom stereocenters. The number of likely N-dealkylation sites (N-methyl/N-ethyl adjacent to an activating group) is 1. The van der Waals surface area contributed by atoms with Crippen molar-refractivity contribution >= 4 is 27.5 Å². The van der Waals surface area contributed by atoms with Gasteiger partial charge in [-0.1, -0.05) is 48.0 Å². The first-order valence-corrected chi connectivity index (χ1v) is 7.12. The number of hydrogen-bond donors (Lipinski definition) is 1. The Balaban J connectivity index is 2.32. The van der Waals surface area contributed by atoms with Gasteiger partial charge in [0.15, 0.2) is 0 Å². The lowest BCUT2D eigenvalue weighted by Gasteiger charge is -2.20. The van der Waals surface area contributed by atoms with Crippen molar-refractivity contribution in [1.29, 1.82) is 0 Å². The molecule has 1 aromatic carbocycles. The van der Waals surface area contributed by atoms with E-state index in [0.717, 1.165) is 12.2 Å². The molecule has 0 bridgehead atoms. The van der Waals surface area contributed by atoms with E-state index < -0.39 is 0 Å². The number of halogens is 1. The van der Waals surface area contributed by atoms with Gasteiger partial charge in [0.05, 0.1) is 4.83 Å². The van der Waals surface area contributed by atoms with Crippen LogP contribution in [-0.2, 0) is 4.79 Å². The Labute approximate surface area is 118 Å². The molecule has 0 saturated carbocycles. The Morgan fingerprint density at radius 3 is 2.50 bits per heavy atom. The smallest absolute Gasteiger partial charge is 0.234 e. The minimum absolute atomic E-state index is 0.0615. The summed E-state index contributed by atoms with van der Waals surface area (Å²) in [7, 11) is 2.02. The average molecular weight is 313 g/mol. The van der Waals surface area contributed by atoms with Crippen LogP contribution in [-0.4, -0.2) is 30.9 Å². The second kappa shape index (κ2) is 7.41. The molecular formula is C14H21BrN2O. The maximum atomic E-state index is 11.7. The van der Waals surface area contributed by atoms with Crippen LogP contribution in [0.5, 0.6) is 0 Å². The van der Waals surface area contributed by atoms with Gasteiger partial charge in [-0.25, -0.2) is 0 Å². The minimum Gasteiger partial charge on any atom is -0.373 e. The van der Waals surface area contributed by atoms with Gasteiger partial charge in [-0.15, -0.1) is 0 Å². The molecule has 1 amide bonds. The number of hydrogen-bond acceptors (Lipinski definition) is 2. The summed E-state index contributed by atoms with van der Waals surface area (Å²) >= 11 is 3.39. The van der Waals surface area contributed by atoms with Crippen molar-refractivity contribution in [3.8, 4) is 0 Å². The molecule has 1 atom stereocenters. The molecule has 4 heteroatoms. The van der Waals surface area contributed by atoms with Crippen molar-refractivity contribution in [3.63, 3.8) is 0 Å². The standard InChI is InChI=1S/C14H21BrN2O/c1-11(2)13(15)14(18)16-9-10-17(3)12-7-5-4-6-8-12/h4-8,11,13H,9-10H2,1-3H3,(H,16,18). The number of anilines is 1. The van der Waals surface area contributed by atoms with Gasteiger partial charge in [0.2, 0.25) is 5.91 Å². The molecule has 1 rings (SSSR count). The summed E-state index contributed by atoms with van der Waals surface area (Å²) in [4.78, 5) is 13.7. The average Bonchev–Trinajstić information content (AvgIpc) is 2.38. The highest BCUT2D eigenvalue weighted by Crippen LogP contribution is 2.12. The third-order valence-corrected chi connectivity index (χ3v) is 4.25. The van der Waals surface area contributed by atoms with Gasteiger partial charge in [0.25, 0.3) is 0 Å². The number of benzene rings is 1. The first-order valence-electron chi connectivity index (χ1n) is 6.20. The third kappa shape index (κ3) is 4.69. The largest absolute Gasteiger partial charge is 0.373 e. The van der Waals surface area contributed by atoms with Crippen LogP contribution in [0.1, 0.15) is 13.8 Å². The highest BCUT2D eigenvalue weighted by molar-refractivity contribution is 9.10. The Morgan fingerprint density at radius 2 is 1.94 bits per heavy atom. The van der Waals surface area contributed by atoms with Gasteiger partial charge in [0, 0.05) is 25.8 Å². The van der Waals surface area contributed by atoms with Gasteiger partial charge >= 0.3 is 0 Å². The molecule has 100 valence electrons. The second-order valence-corrected chi connectivity index (χ2v) is 5.68. The summed E-state index contributed by atoms with van der Waals surface area (Å²) in [5.74, 6) is 0.364. The van der Waals surface area contributed by atoms with Crippen LogP contribution in [0.15, 0.2) is 30.3 Å². The van der Waals surface area contributed by atoms with Crippen LogP contribution >= 0.6 is 15.9 Å². The van der Waals surface area contributed by atoms with Gasteiger partial charge in [0.1, 0.15) is 0 Å². The SMILES string of the molecule is CC(C)C(Br)C(=O)NCCN(C)c1ccccc1. The molecule has 1 aromatic rings. The third-order valence-electron chi connectivity index (χ3n) is 2.78. The lowest BCUT2D eigenvalue weighted by atomic mass is 10.1. The molecular weight excluding hydrogens is 292 g/mol. The number of rotatable bonds is 6. The molecule has 0 radical (unpaired) electrons.